The number of fused-ring (bicyclic) bond motifs is 6. The van der Waals surface area contributed by atoms with Gasteiger partial charge in [0.25, 0.3) is 0 Å². The number of benzene rings is 7. The monoisotopic (exact) mass is 575 g/mol. The Kier molecular flexibility index (Phi) is 5.82. The fourth-order valence-corrected chi connectivity index (χ4v) is 6.86. The maximum atomic E-state index is 2.41. The van der Waals surface area contributed by atoms with Gasteiger partial charge in [-0.2, -0.15) is 0 Å². The van der Waals surface area contributed by atoms with Crippen molar-refractivity contribution >= 4 is 60.5 Å². The molecule has 0 spiro atoms. The molecule has 0 saturated heterocycles. The van der Waals surface area contributed by atoms with Crippen LogP contribution in [-0.2, 0) is 0 Å². The molecule has 0 bridgehead atoms. The van der Waals surface area contributed by atoms with Crippen LogP contribution in [0.1, 0.15) is 0 Å². The van der Waals surface area contributed by atoms with E-state index < -0.39 is 0 Å². The first-order valence-corrected chi connectivity index (χ1v) is 15.4. The molecule has 0 aliphatic carbocycles. The van der Waals surface area contributed by atoms with Crippen LogP contribution in [0.2, 0.25) is 0 Å². The first-order valence-electron chi connectivity index (χ1n) is 15.4. The van der Waals surface area contributed by atoms with Crippen LogP contribution < -0.4 is 4.90 Å². The van der Waals surface area contributed by atoms with Gasteiger partial charge in [0.1, 0.15) is 0 Å². The van der Waals surface area contributed by atoms with Gasteiger partial charge >= 0.3 is 0 Å². The van der Waals surface area contributed by atoms with Crippen molar-refractivity contribution < 1.29 is 0 Å². The molecule has 45 heavy (non-hydrogen) atoms. The SMILES string of the molecule is c1ccc(N(c2ccccc2)c2ccc(-n3c4ccccc4c4cc5ccc6c(ccn6-c6ccccc6)c5cc43)cc2)cc1. The van der Waals surface area contributed by atoms with Crippen molar-refractivity contribution in [3.8, 4) is 11.4 Å². The highest BCUT2D eigenvalue weighted by Crippen LogP contribution is 2.39. The molecule has 212 valence electrons. The zero-order chi connectivity index (χ0) is 29.7. The van der Waals surface area contributed by atoms with Gasteiger partial charge in [-0.05, 0) is 102 Å². The second kappa shape index (κ2) is 10.3. The Labute approximate surface area is 261 Å². The van der Waals surface area contributed by atoms with Crippen LogP contribution in [0.25, 0.3) is 54.9 Å². The lowest BCUT2D eigenvalue weighted by molar-refractivity contribution is 1.13. The molecule has 2 aromatic heterocycles. The third-order valence-corrected chi connectivity index (χ3v) is 8.91. The van der Waals surface area contributed by atoms with E-state index in [1.165, 1.54) is 49.2 Å². The standard InChI is InChI=1S/C42H29N3/c1-4-12-31(13-5-1)43-27-26-37-38-29-42-39(28-30(38)20-25-40(37)43)36-18-10-11-19-41(36)45(42)35-23-21-34(22-24-35)44(32-14-6-2-7-15-32)33-16-8-3-9-17-33/h1-29H. The summed E-state index contributed by atoms with van der Waals surface area (Å²) in [6.45, 7) is 0. The van der Waals surface area contributed by atoms with Gasteiger partial charge in [0, 0.05) is 50.8 Å². The molecular formula is C42H29N3. The van der Waals surface area contributed by atoms with Gasteiger partial charge in [0.15, 0.2) is 0 Å². The number of rotatable bonds is 5. The first kappa shape index (κ1) is 25.4. The quantitative estimate of drug-likeness (QED) is 0.199. The Hall–Kier alpha value is -6.06. The zero-order valence-corrected chi connectivity index (χ0v) is 24.6. The molecule has 3 nitrogen and oxygen atoms in total. The smallest absolute Gasteiger partial charge is 0.0547 e. The Morgan fingerprint density at radius 1 is 0.356 bits per heavy atom. The normalized spacial score (nSPS) is 11.6. The van der Waals surface area contributed by atoms with E-state index in [9.17, 15) is 0 Å². The average molecular weight is 576 g/mol. The van der Waals surface area contributed by atoms with Crippen LogP contribution in [-0.4, -0.2) is 9.13 Å². The van der Waals surface area contributed by atoms with Gasteiger partial charge in [0.2, 0.25) is 0 Å². The summed E-state index contributed by atoms with van der Waals surface area (Å²) in [5.41, 5.74) is 9.31. The number of para-hydroxylation sites is 4. The van der Waals surface area contributed by atoms with Crippen molar-refractivity contribution in [2.24, 2.45) is 0 Å². The summed E-state index contributed by atoms with van der Waals surface area (Å²) in [6.07, 6.45) is 2.18. The molecule has 0 unspecified atom stereocenters. The summed E-state index contributed by atoms with van der Waals surface area (Å²) in [4.78, 5) is 2.30. The Balaban J connectivity index is 1.23. The second-order valence-corrected chi connectivity index (χ2v) is 11.5. The van der Waals surface area contributed by atoms with E-state index in [0.29, 0.717) is 0 Å². The third-order valence-electron chi connectivity index (χ3n) is 8.91. The summed E-state index contributed by atoms with van der Waals surface area (Å²) in [5, 5.41) is 6.29. The molecule has 0 aliphatic heterocycles. The lowest BCUT2D eigenvalue weighted by atomic mass is 10.0. The van der Waals surface area contributed by atoms with Gasteiger partial charge < -0.3 is 14.0 Å². The summed E-state index contributed by atoms with van der Waals surface area (Å²) in [5.74, 6) is 0. The van der Waals surface area contributed by atoms with Gasteiger partial charge in [-0.15, -0.1) is 0 Å². The molecule has 3 heteroatoms. The van der Waals surface area contributed by atoms with Crippen molar-refractivity contribution in [3.63, 3.8) is 0 Å². The zero-order valence-electron chi connectivity index (χ0n) is 24.6. The molecule has 0 N–H and O–H groups in total. The topological polar surface area (TPSA) is 13.1 Å². The molecule has 9 rings (SSSR count). The first-order chi connectivity index (χ1) is 22.3. The summed E-state index contributed by atoms with van der Waals surface area (Å²) in [6, 6.07) is 60.9. The molecule has 0 fully saturated rings. The van der Waals surface area contributed by atoms with E-state index in [-0.39, 0.29) is 0 Å². The Morgan fingerprint density at radius 2 is 0.956 bits per heavy atom. The van der Waals surface area contributed by atoms with Crippen LogP contribution in [0.5, 0.6) is 0 Å². The number of anilines is 3. The average Bonchev–Trinajstić information content (AvgIpc) is 3.69. The fourth-order valence-electron chi connectivity index (χ4n) is 6.86. The van der Waals surface area contributed by atoms with Crippen LogP contribution in [0.4, 0.5) is 17.1 Å². The molecule has 0 saturated carbocycles. The number of hydrogen-bond acceptors (Lipinski definition) is 1. The van der Waals surface area contributed by atoms with Gasteiger partial charge in [0.05, 0.1) is 16.6 Å². The molecule has 0 amide bonds. The highest BCUT2D eigenvalue weighted by molar-refractivity contribution is 6.18. The lowest BCUT2D eigenvalue weighted by Gasteiger charge is -2.25. The number of nitrogens with zero attached hydrogens (tertiary/aromatic N) is 3. The van der Waals surface area contributed by atoms with E-state index in [0.717, 1.165) is 22.7 Å². The Bertz CT molecular complexity index is 2420. The maximum Gasteiger partial charge on any atom is 0.0547 e. The molecule has 0 radical (unpaired) electrons. The van der Waals surface area contributed by atoms with Crippen molar-refractivity contribution in [1.29, 1.82) is 0 Å². The van der Waals surface area contributed by atoms with E-state index in [2.05, 4.69) is 190 Å². The van der Waals surface area contributed by atoms with Crippen LogP contribution in [0.3, 0.4) is 0 Å². The third kappa shape index (κ3) is 4.13. The summed E-state index contributed by atoms with van der Waals surface area (Å²) in [7, 11) is 0. The molecular weight excluding hydrogens is 546 g/mol. The minimum absolute atomic E-state index is 1.12. The predicted octanol–water partition coefficient (Wildman–Crippen LogP) is 11.4. The van der Waals surface area contributed by atoms with E-state index in [4.69, 9.17) is 0 Å². The molecule has 7 aromatic carbocycles. The minimum Gasteiger partial charge on any atom is -0.317 e. The minimum atomic E-state index is 1.12. The van der Waals surface area contributed by atoms with Gasteiger partial charge in [-0.1, -0.05) is 78.9 Å². The number of aromatic nitrogens is 2. The molecule has 0 atom stereocenters. The van der Waals surface area contributed by atoms with Crippen LogP contribution in [0, 0.1) is 0 Å². The van der Waals surface area contributed by atoms with E-state index in [1.54, 1.807) is 0 Å². The van der Waals surface area contributed by atoms with Crippen molar-refractivity contribution in [2.45, 2.75) is 0 Å². The van der Waals surface area contributed by atoms with Gasteiger partial charge in [-0.25, -0.2) is 0 Å². The van der Waals surface area contributed by atoms with E-state index >= 15 is 0 Å². The van der Waals surface area contributed by atoms with E-state index in [1.807, 2.05) is 0 Å². The molecule has 9 aromatic rings. The lowest BCUT2D eigenvalue weighted by Crippen LogP contribution is -2.09. The van der Waals surface area contributed by atoms with Crippen LogP contribution >= 0.6 is 0 Å². The number of hydrogen-bond donors (Lipinski definition) is 0. The largest absolute Gasteiger partial charge is 0.317 e. The Morgan fingerprint density at radius 3 is 1.67 bits per heavy atom. The highest BCUT2D eigenvalue weighted by Gasteiger charge is 2.17. The fraction of sp³-hybridized carbons (Fsp3) is 0. The van der Waals surface area contributed by atoms with Crippen molar-refractivity contribution in [1.82, 2.24) is 9.13 Å². The summed E-state index contributed by atoms with van der Waals surface area (Å²) < 4.78 is 4.69. The molecule has 0 aliphatic rings. The predicted molar refractivity (Wildman–Crippen MR) is 190 cm³/mol. The maximum absolute atomic E-state index is 2.41. The highest BCUT2D eigenvalue weighted by atomic mass is 15.1. The second-order valence-electron chi connectivity index (χ2n) is 11.5. The molecule has 2 heterocycles. The van der Waals surface area contributed by atoms with Gasteiger partial charge in [-0.3, -0.25) is 0 Å². The van der Waals surface area contributed by atoms with Crippen LogP contribution in [0.15, 0.2) is 176 Å². The van der Waals surface area contributed by atoms with Crippen molar-refractivity contribution in [2.75, 3.05) is 4.90 Å². The summed E-state index contributed by atoms with van der Waals surface area (Å²) >= 11 is 0. The van der Waals surface area contributed by atoms with Crippen molar-refractivity contribution in [3.05, 3.63) is 176 Å².